The third-order valence-electron chi connectivity index (χ3n) is 4.22. The maximum Gasteiger partial charge on any atom is 0.277 e. The van der Waals surface area contributed by atoms with Gasteiger partial charge in [0, 0.05) is 11.6 Å². The van der Waals surface area contributed by atoms with Crippen molar-refractivity contribution in [3.63, 3.8) is 0 Å². The quantitative estimate of drug-likeness (QED) is 0.519. The molecule has 2 N–H and O–H groups in total. The van der Waals surface area contributed by atoms with Crippen molar-refractivity contribution >= 4 is 17.5 Å². The van der Waals surface area contributed by atoms with Gasteiger partial charge in [-0.2, -0.15) is 0 Å². The highest BCUT2D eigenvalue weighted by molar-refractivity contribution is 6.08. The first kappa shape index (κ1) is 18.2. The lowest BCUT2D eigenvalue weighted by Crippen LogP contribution is -2.24. The number of hydrogen-bond acceptors (Lipinski definition) is 5. The first-order valence-corrected chi connectivity index (χ1v) is 8.94. The highest BCUT2D eigenvalue weighted by Crippen LogP contribution is 2.21. The number of benzene rings is 2. The van der Waals surface area contributed by atoms with E-state index in [1.54, 1.807) is 42.5 Å². The molecule has 2 aromatic carbocycles. The number of anilines is 1. The summed E-state index contributed by atoms with van der Waals surface area (Å²) in [6.45, 7) is 0.248. The number of carbonyl (C=O) groups is 2. The number of rotatable bonds is 6. The molecule has 0 atom stereocenters. The van der Waals surface area contributed by atoms with Crippen LogP contribution < -0.4 is 10.6 Å². The highest BCUT2D eigenvalue weighted by Gasteiger charge is 2.17. The van der Waals surface area contributed by atoms with Crippen molar-refractivity contribution in [3.8, 4) is 11.3 Å². The molecule has 2 heterocycles. The summed E-state index contributed by atoms with van der Waals surface area (Å²) in [7, 11) is 0. The molecule has 0 aliphatic heterocycles. The van der Waals surface area contributed by atoms with Gasteiger partial charge in [-0.1, -0.05) is 47.6 Å². The molecule has 7 nitrogen and oxygen atoms in total. The minimum Gasteiger partial charge on any atom is -0.467 e. The number of carbonyl (C=O) groups excluding carboxylic acids is 2. The van der Waals surface area contributed by atoms with Gasteiger partial charge in [0.15, 0.2) is 11.5 Å². The van der Waals surface area contributed by atoms with E-state index in [9.17, 15) is 9.59 Å². The Hall–Kier alpha value is -4.13. The van der Waals surface area contributed by atoms with E-state index < -0.39 is 5.91 Å². The normalized spacial score (nSPS) is 10.5. The zero-order valence-electron chi connectivity index (χ0n) is 15.3. The molecule has 2 aromatic heterocycles. The second kappa shape index (κ2) is 8.26. The van der Waals surface area contributed by atoms with Crippen LogP contribution in [0.2, 0.25) is 0 Å². The van der Waals surface area contributed by atoms with Gasteiger partial charge in [0.1, 0.15) is 5.76 Å². The lowest BCUT2D eigenvalue weighted by atomic mass is 10.1. The van der Waals surface area contributed by atoms with Crippen LogP contribution in [0.15, 0.2) is 88.0 Å². The van der Waals surface area contributed by atoms with Crippen molar-refractivity contribution in [1.29, 1.82) is 0 Å². The van der Waals surface area contributed by atoms with E-state index >= 15 is 0 Å². The van der Waals surface area contributed by atoms with Crippen molar-refractivity contribution < 1.29 is 18.5 Å². The van der Waals surface area contributed by atoms with E-state index in [1.807, 2.05) is 30.3 Å². The second-order valence-electron chi connectivity index (χ2n) is 6.20. The monoisotopic (exact) mass is 387 g/mol. The summed E-state index contributed by atoms with van der Waals surface area (Å²) < 4.78 is 10.5. The van der Waals surface area contributed by atoms with E-state index in [0.29, 0.717) is 22.8 Å². The number of para-hydroxylation sites is 1. The molecule has 0 radical (unpaired) electrons. The summed E-state index contributed by atoms with van der Waals surface area (Å²) in [5, 5.41) is 9.32. The summed E-state index contributed by atoms with van der Waals surface area (Å²) >= 11 is 0. The van der Waals surface area contributed by atoms with Gasteiger partial charge in [0.2, 0.25) is 0 Å². The molecular formula is C22H17N3O4. The molecule has 7 heteroatoms. The topological polar surface area (TPSA) is 97.4 Å². The van der Waals surface area contributed by atoms with Crippen LogP contribution in [0.3, 0.4) is 0 Å². The smallest absolute Gasteiger partial charge is 0.277 e. The molecule has 4 aromatic rings. The van der Waals surface area contributed by atoms with Gasteiger partial charge in [-0.15, -0.1) is 0 Å². The van der Waals surface area contributed by atoms with E-state index in [-0.39, 0.29) is 18.1 Å². The Morgan fingerprint density at radius 3 is 2.48 bits per heavy atom. The minimum absolute atomic E-state index is 0.120. The molecule has 29 heavy (non-hydrogen) atoms. The summed E-state index contributed by atoms with van der Waals surface area (Å²) in [6.07, 6.45) is 1.54. The lowest BCUT2D eigenvalue weighted by molar-refractivity contribution is 0.0949. The summed E-state index contributed by atoms with van der Waals surface area (Å²) in [6, 6.07) is 21.2. The zero-order chi connectivity index (χ0) is 20.1. The molecule has 0 unspecified atom stereocenters. The first-order chi connectivity index (χ1) is 14.2. The van der Waals surface area contributed by atoms with E-state index in [0.717, 1.165) is 5.56 Å². The number of hydrogen-bond donors (Lipinski definition) is 2. The van der Waals surface area contributed by atoms with Crippen LogP contribution >= 0.6 is 0 Å². The van der Waals surface area contributed by atoms with Crippen molar-refractivity contribution in [2.45, 2.75) is 6.54 Å². The van der Waals surface area contributed by atoms with E-state index in [4.69, 9.17) is 8.94 Å². The number of aromatic nitrogens is 1. The van der Waals surface area contributed by atoms with Gasteiger partial charge >= 0.3 is 0 Å². The molecule has 144 valence electrons. The Morgan fingerprint density at radius 1 is 0.897 bits per heavy atom. The Labute approximate surface area is 166 Å². The van der Waals surface area contributed by atoms with Crippen molar-refractivity contribution in [2.24, 2.45) is 0 Å². The lowest BCUT2D eigenvalue weighted by Gasteiger charge is -2.10. The Morgan fingerprint density at radius 2 is 1.69 bits per heavy atom. The molecular weight excluding hydrogens is 370 g/mol. The minimum atomic E-state index is -0.470. The van der Waals surface area contributed by atoms with Gasteiger partial charge in [0.05, 0.1) is 24.1 Å². The average molecular weight is 387 g/mol. The Balaban J connectivity index is 1.47. The van der Waals surface area contributed by atoms with Gasteiger partial charge in [-0.3, -0.25) is 9.59 Å². The number of nitrogens with one attached hydrogen (secondary N) is 2. The summed E-state index contributed by atoms with van der Waals surface area (Å²) in [5.74, 6) is 0.320. The van der Waals surface area contributed by atoms with Crippen LogP contribution in [0.1, 0.15) is 26.6 Å². The van der Waals surface area contributed by atoms with Gasteiger partial charge in [-0.05, 0) is 24.3 Å². The number of nitrogens with zero attached hydrogens (tertiary/aromatic N) is 1. The Bertz CT molecular complexity index is 1120. The van der Waals surface area contributed by atoms with E-state index in [1.165, 1.54) is 6.26 Å². The Kier molecular flexibility index (Phi) is 5.20. The first-order valence-electron chi connectivity index (χ1n) is 8.94. The molecule has 0 saturated heterocycles. The zero-order valence-corrected chi connectivity index (χ0v) is 15.3. The molecule has 0 saturated carbocycles. The van der Waals surface area contributed by atoms with Crippen LogP contribution in [0.4, 0.5) is 5.69 Å². The molecule has 4 rings (SSSR count). The van der Waals surface area contributed by atoms with Crippen molar-refractivity contribution in [2.75, 3.05) is 5.32 Å². The summed E-state index contributed by atoms with van der Waals surface area (Å²) in [5.41, 5.74) is 1.64. The van der Waals surface area contributed by atoms with Crippen LogP contribution in [0, 0.1) is 0 Å². The molecule has 0 fully saturated rings. The molecule has 0 aliphatic rings. The van der Waals surface area contributed by atoms with Gasteiger partial charge < -0.3 is 19.6 Å². The third kappa shape index (κ3) is 4.24. The van der Waals surface area contributed by atoms with Gasteiger partial charge in [0.25, 0.3) is 11.8 Å². The predicted molar refractivity (Wildman–Crippen MR) is 106 cm³/mol. The maximum absolute atomic E-state index is 12.6. The molecule has 2 amide bonds. The van der Waals surface area contributed by atoms with Gasteiger partial charge in [-0.25, -0.2) is 0 Å². The van der Waals surface area contributed by atoms with Crippen LogP contribution in [-0.4, -0.2) is 17.0 Å². The number of furan rings is 1. The molecule has 0 aliphatic carbocycles. The fourth-order valence-corrected chi connectivity index (χ4v) is 2.77. The third-order valence-corrected chi connectivity index (χ3v) is 4.22. The van der Waals surface area contributed by atoms with Crippen molar-refractivity contribution in [1.82, 2.24) is 10.5 Å². The molecule has 0 spiro atoms. The fourth-order valence-electron chi connectivity index (χ4n) is 2.77. The van der Waals surface area contributed by atoms with Crippen LogP contribution in [0.25, 0.3) is 11.3 Å². The predicted octanol–water partition coefficient (Wildman–Crippen LogP) is 4.12. The highest BCUT2D eigenvalue weighted by atomic mass is 16.5. The summed E-state index contributed by atoms with van der Waals surface area (Å²) in [4.78, 5) is 25.1. The number of amides is 2. The van der Waals surface area contributed by atoms with Crippen LogP contribution in [0.5, 0.6) is 0 Å². The van der Waals surface area contributed by atoms with Crippen LogP contribution in [-0.2, 0) is 6.54 Å². The standard InChI is InChI=1S/C22H17N3O4/c26-21(23-14-16-9-6-12-28-16)17-10-4-5-11-18(17)24-22(27)19-13-20(29-25-19)15-7-2-1-3-8-15/h1-13H,14H2,(H,23,26)(H,24,27). The second-order valence-corrected chi connectivity index (χ2v) is 6.20. The van der Waals surface area contributed by atoms with Crippen molar-refractivity contribution in [3.05, 3.63) is 96.1 Å². The largest absolute Gasteiger partial charge is 0.467 e. The fraction of sp³-hybridized carbons (Fsp3) is 0.0455. The molecule has 0 bridgehead atoms. The maximum atomic E-state index is 12.6. The van der Waals surface area contributed by atoms with E-state index in [2.05, 4.69) is 15.8 Å². The SMILES string of the molecule is O=C(Nc1ccccc1C(=O)NCc1ccco1)c1cc(-c2ccccc2)on1. The average Bonchev–Trinajstić information content (AvgIpc) is 3.45.